The molecule has 0 aliphatic rings. The Balaban J connectivity index is 5.20. The van der Waals surface area contributed by atoms with Crippen molar-refractivity contribution in [1.29, 1.82) is 0 Å². The Labute approximate surface area is 84.7 Å². The first-order chi connectivity index (χ1) is 6.17. The molecule has 0 aliphatic heterocycles. The number of hydrogen-bond donors (Lipinski definition) is 2. The highest BCUT2D eigenvalue weighted by molar-refractivity contribution is 5.76. The van der Waals surface area contributed by atoms with E-state index in [0.717, 1.165) is 0 Å². The number of aldehydes is 1. The summed E-state index contributed by atoms with van der Waals surface area (Å²) in [7, 11) is 0. The Hall–Kier alpha value is -1.06. The van der Waals surface area contributed by atoms with Crippen molar-refractivity contribution in [3.05, 3.63) is 0 Å². The van der Waals surface area contributed by atoms with Gasteiger partial charge in [0.2, 0.25) is 0 Å². The normalized spacial score (nSPS) is 16.1. The van der Waals surface area contributed by atoms with Crippen LogP contribution in [0, 0.1) is 11.3 Å². The maximum Gasteiger partial charge on any atom is 0.405 e. The van der Waals surface area contributed by atoms with Gasteiger partial charge in [0.15, 0.2) is 0 Å². The van der Waals surface area contributed by atoms with Crippen LogP contribution in [0.2, 0.25) is 0 Å². The average molecular weight is 201 g/mol. The third-order valence-electron chi connectivity index (χ3n) is 2.65. The molecule has 0 rings (SSSR count). The Morgan fingerprint density at radius 3 is 1.86 bits per heavy atom. The molecule has 0 aromatic carbocycles. The minimum atomic E-state index is -1.17. The summed E-state index contributed by atoms with van der Waals surface area (Å²) in [5, 5.41) is 11.1. The SMILES string of the molecule is CC(C)[C@](C=O)(NC(=O)O)C(C)(C)C. The number of nitrogens with one attached hydrogen (secondary N) is 1. The molecule has 14 heavy (non-hydrogen) atoms. The minimum absolute atomic E-state index is 0.0869. The molecule has 0 heterocycles. The monoisotopic (exact) mass is 201 g/mol. The fourth-order valence-corrected chi connectivity index (χ4v) is 1.72. The molecule has 0 fully saturated rings. The zero-order valence-corrected chi connectivity index (χ0v) is 9.42. The fraction of sp³-hybridized carbons (Fsp3) is 0.800. The lowest BCUT2D eigenvalue weighted by Crippen LogP contribution is -2.61. The number of carboxylic acid groups (broad SMARTS) is 1. The summed E-state index contributed by atoms with van der Waals surface area (Å²) in [6.45, 7) is 9.19. The molecule has 0 aromatic rings. The van der Waals surface area contributed by atoms with Crippen molar-refractivity contribution in [2.24, 2.45) is 11.3 Å². The number of amides is 1. The van der Waals surface area contributed by atoms with E-state index in [1.165, 1.54) is 0 Å². The van der Waals surface area contributed by atoms with Crippen molar-refractivity contribution >= 4 is 12.4 Å². The third kappa shape index (κ3) is 2.25. The van der Waals surface area contributed by atoms with Crippen LogP contribution >= 0.6 is 0 Å². The van der Waals surface area contributed by atoms with E-state index < -0.39 is 17.0 Å². The third-order valence-corrected chi connectivity index (χ3v) is 2.65. The summed E-state index contributed by atoms with van der Waals surface area (Å²) in [5.41, 5.74) is -1.47. The Morgan fingerprint density at radius 1 is 1.36 bits per heavy atom. The van der Waals surface area contributed by atoms with Gasteiger partial charge in [-0.05, 0) is 11.3 Å². The maximum atomic E-state index is 11.1. The van der Waals surface area contributed by atoms with Crippen molar-refractivity contribution in [3.63, 3.8) is 0 Å². The van der Waals surface area contributed by atoms with Gasteiger partial charge in [0, 0.05) is 0 Å². The second-order valence-corrected chi connectivity index (χ2v) is 4.82. The highest BCUT2D eigenvalue weighted by atomic mass is 16.4. The van der Waals surface area contributed by atoms with Crippen LogP contribution in [0.1, 0.15) is 34.6 Å². The minimum Gasteiger partial charge on any atom is -0.465 e. The molecule has 1 amide bonds. The molecule has 0 saturated heterocycles. The van der Waals surface area contributed by atoms with Crippen LogP contribution in [0.25, 0.3) is 0 Å². The number of rotatable bonds is 3. The van der Waals surface area contributed by atoms with Crippen molar-refractivity contribution < 1.29 is 14.7 Å². The van der Waals surface area contributed by atoms with Gasteiger partial charge in [0.1, 0.15) is 11.8 Å². The van der Waals surface area contributed by atoms with Gasteiger partial charge in [-0.2, -0.15) is 0 Å². The summed E-state index contributed by atoms with van der Waals surface area (Å²) in [4.78, 5) is 21.8. The van der Waals surface area contributed by atoms with Gasteiger partial charge in [-0.3, -0.25) is 0 Å². The Morgan fingerprint density at radius 2 is 1.79 bits per heavy atom. The van der Waals surface area contributed by atoms with E-state index in [4.69, 9.17) is 5.11 Å². The van der Waals surface area contributed by atoms with Gasteiger partial charge in [0.05, 0.1) is 0 Å². The van der Waals surface area contributed by atoms with Crippen LogP contribution in [0.4, 0.5) is 4.79 Å². The van der Waals surface area contributed by atoms with Crippen molar-refractivity contribution in [2.75, 3.05) is 0 Å². The first kappa shape index (κ1) is 12.9. The molecule has 4 nitrogen and oxygen atoms in total. The van der Waals surface area contributed by atoms with Gasteiger partial charge in [-0.25, -0.2) is 4.79 Å². The van der Waals surface area contributed by atoms with E-state index >= 15 is 0 Å². The summed E-state index contributed by atoms with van der Waals surface area (Å²) in [5.74, 6) is -0.0869. The highest BCUT2D eigenvalue weighted by Crippen LogP contribution is 2.34. The smallest absolute Gasteiger partial charge is 0.405 e. The van der Waals surface area contributed by atoms with E-state index in [-0.39, 0.29) is 5.92 Å². The topological polar surface area (TPSA) is 66.4 Å². The van der Waals surface area contributed by atoms with Gasteiger partial charge < -0.3 is 15.2 Å². The van der Waals surface area contributed by atoms with E-state index in [1.807, 2.05) is 34.6 Å². The molecular weight excluding hydrogens is 182 g/mol. The molecule has 0 radical (unpaired) electrons. The quantitative estimate of drug-likeness (QED) is 0.685. The highest BCUT2D eigenvalue weighted by Gasteiger charge is 2.45. The number of carbonyl (C=O) groups excluding carboxylic acids is 1. The van der Waals surface area contributed by atoms with Crippen LogP contribution in [-0.4, -0.2) is 23.0 Å². The lowest BCUT2D eigenvalue weighted by Gasteiger charge is -2.43. The fourth-order valence-electron chi connectivity index (χ4n) is 1.72. The van der Waals surface area contributed by atoms with E-state index in [0.29, 0.717) is 6.29 Å². The predicted molar refractivity (Wildman–Crippen MR) is 54.2 cm³/mol. The average Bonchev–Trinajstić information content (AvgIpc) is 1.96. The second-order valence-electron chi connectivity index (χ2n) is 4.82. The number of carbonyl (C=O) groups is 2. The molecule has 0 aromatic heterocycles. The molecule has 0 spiro atoms. The van der Waals surface area contributed by atoms with E-state index in [9.17, 15) is 9.59 Å². The molecule has 0 saturated carbocycles. The molecule has 0 unspecified atom stereocenters. The summed E-state index contributed by atoms with van der Waals surface area (Å²) >= 11 is 0. The number of hydrogen-bond acceptors (Lipinski definition) is 2. The lowest BCUT2D eigenvalue weighted by atomic mass is 9.68. The van der Waals surface area contributed by atoms with Crippen LogP contribution in [0.3, 0.4) is 0 Å². The molecule has 0 bridgehead atoms. The van der Waals surface area contributed by atoms with Gasteiger partial charge in [-0.15, -0.1) is 0 Å². The summed E-state index contributed by atoms with van der Waals surface area (Å²) in [6.07, 6.45) is -0.466. The molecule has 82 valence electrons. The van der Waals surface area contributed by atoms with E-state index in [2.05, 4.69) is 5.32 Å². The first-order valence-electron chi connectivity index (χ1n) is 4.65. The van der Waals surface area contributed by atoms with Gasteiger partial charge in [0.25, 0.3) is 0 Å². The molecule has 2 N–H and O–H groups in total. The van der Waals surface area contributed by atoms with Crippen molar-refractivity contribution in [1.82, 2.24) is 5.32 Å². The molecule has 4 heteroatoms. The van der Waals surface area contributed by atoms with Gasteiger partial charge in [-0.1, -0.05) is 34.6 Å². The first-order valence-corrected chi connectivity index (χ1v) is 4.65. The van der Waals surface area contributed by atoms with E-state index in [1.54, 1.807) is 0 Å². The molecule has 1 atom stereocenters. The van der Waals surface area contributed by atoms with Gasteiger partial charge >= 0.3 is 6.09 Å². The van der Waals surface area contributed by atoms with Crippen LogP contribution < -0.4 is 5.32 Å². The van der Waals surface area contributed by atoms with Crippen molar-refractivity contribution in [3.8, 4) is 0 Å². The molecule has 0 aliphatic carbocycles. The lowest BCUT2D eigenvalue weighted by molar-refractivity contribution is -0.119. The Bertz CT molecular complexity index is 230. The van der Waals surface area contributed by atoms with Crippen LogP contribution in [0.15, 0.2) is 0 Å². The van der Waals surface area contributed by atoms with Crippen LogP contribution in [-0.2, 0) is 4.79 Å². The maximum absolute atomic E-state index is 11.1. The standard InChI is InChI=1S/C10H19NO3/c1-7(2)10(6-12,9(3,4)5)11-8(13)14/h6-7,11H,1-5H3,(H,13,14)/t10-/m0/s1. The summed E-state index contributed by atoms with van der Waals surface area (Å²) in [6, 6.07) is 0. The summed E-state index contributed by atoms with van der Waals surface area (Å²) < 4.78 is 0. The van der Waals surface area contributed by atoms with Crippen LogP contribution in [0.5, 0.6) is 0 Å². The Kier molecular flexibility index (Phi) is 3.68. The molecular formula is C10H19NO3. The largest absolute Gasteiger partial charge is 0.465 e. The predicted octanol–water partition coefficient (Wildman–Crippen LogP) is 1.89. The van der Waals surface area contributed by atoms with Crippen molar-refractivity contribution in [2.45, 2.75) is 40.2 Å². The zero-order chi connectivity index (χ0) is 11.6. The second kappa shape index (κ2) is 3.98. The zero-order valence-electron chi connectivity index (χ0n) is 9.42.